The summed E-state index contributed by atoms with van der Waals surface area (Å²) in [5.41, 5.74) is 2.42. The SMILES string of the molecule is O=C(O)c1ccccc1NS(=O)(=O)c1cc([N+](=O)[O-])ccc1N/N=C/c1ccc2ccccc2c1. The van der Waals surface area contributed by atoms with Crippen LogP contribution in [0.4, 0.5) is 17.1 Å². The van der Waals surface area contributed by atoms with Gasteiger partial charge in [-0.1, -0.05) is 48.5 Å². The number of benzene rings is 4. The first kappa shape index (κ1) is 23.4. The topological polar surface area (TPSA) is 151 Å². The van der Waals surface area contributed by atoms with Gasteiger partial charge in [0.25, 0.3) is 15.7 Å². The molecule has 176 valence electrons. The van der Waals surface area contributed by atoms with E-state index in [-0.39, 0.29) is 16.9 Å². The number of hydrogen-bond donors (Lipinski definition) is 3. The van der Waals surface area contributed by atoms with Crippen LogP contribution in [0.15, 0.2) is 94.9 Å². The highest BCUT2D eigenvalue weighted by Gasteiger charge is 2.24. The second-order valence-electron chi connectivity index (χ2n) is 7.37. The van der Waals surface area contributed by atoms with Crippen molar-refractivity contribution < 1.29 is 23.2 Å². The number of nitro benzene ring substituents is 1. The molecule has 0 saturated carbocycles. The van der Waals surface area contributed by atoms with Crippen LogP contribution in [0.3, 0.4) is 0 Å². The van der Waals surface area contributed by atoms with Crippen molar-refractivity contribution in [2.24, 2.45) is 5.10 Å². The normalized spacial score (nSPS) is 11.4. The van der Waals surface area contributed by atoms with Crippen LogP contribution in [-0.4, -0.2) is 30.6 Å². The molecule has 0 aliphatic carbocycles. The number of sulfonamides is 1. The Labute approximate surface area is 199 Å². The molecule has 35 heavy (non-hydrogen) atoms. The maximum Gasteiger partial charge on any atom is 0.337 e. The van der Waals surface area contributed by atoms with E-state index < -0.39 is 31.5 Å². The summed E-state index contributed by atoms with van der Waals surface area (Å²) in [6.45, 7) is 0. The van der Waals surface area contributed by atoms with E-state index in [1.165, 1.54) is 36.5 Å². The summed E-state index contributed by atoms with van der Waals surface area (Å²) in [7, 11) is -4.43. The van der Waals surface area contributed by atoms with Crippen molar-refractivity contribution in [3.05, 3.63) is 106 Å². The van der Waals surface area contributed by atoms with Gasteiger partial charge in [0.1, 0.15) is 4.90 Å². The number of hydrazone groups is 1. The summed E-state index contributed by atoms with van der Waals surface area (Å²) in [5, 5.41) is 26.7. The second kappa shape index (κ2) is 9.61. The molecule has 0 fully saturated rings. The molecule has 0 aliphatic heterocycles. The standard InChI is InChI=1S/C24H18N4O6S/c29-24(30)20-7-3-4-8-21(20)27-35(33,34)23-14-19(28(31)32)11-12-22(23)26-25-15-16-9-10-17-5-1-2-6-18(17)13-16/h1-15,26-27H,(H,29,30)/b25-15+. The molecule has 3 N–H and O–H groups in total. The van der Waals surface area contributed by atoms with E-state index in [4.69, 9.17) is 0 Å². The monoisotopic (exact) mass is 490 g/mol. The molecule has 4 aromatic carbocycles. The van der Waals surface area contributed by atoms with Crippen molar-refractivity contribution >= 4 is 50.0 Å². The lowest BCUT2D eigenvalue weighted by atomic mass is 10.1. The Kier molecular flexibility index (Phi) is 6.42. The number of hydrogen-bond acceptors (Lipinski definition) is 7. The number of para-hydroxylation sites is 1. The van der Waals surface area contributed by atoms with Crippen LogP contribution >= 0.6 is 0 Å². The Hall–Kier alpha value is -4.77. The molecule has 10 nitrogen and oxygen atoms in total. The highest BCUT2D eigenvalue weighted by atomic mass is 32.2. The number of aromatic carboxylic acids is 1. The van der Waals surface area contributed by atoms with E-state index in [1.54, 1.807) is 0 Å². The van der Waals surface area contributed by atoms with Crippen LogP contribution in [0.25, 0.3) is 10.8 Å². The Morgan fingerprint density at radius 1 is 0.914 bits per heavy atom. The Bertz CT molecular complexity index is 1580. The van der Waals surface area contributed by atoms with Gasteiger partial charge >= 0.3 is 5.97 Å². The van der Waals surface area contributed by atoms with Gasteiger partial charge in [-0.2, -0.15) is 5.10 Å². The number of carbonyl (C=O) groups is 1. The molecule has 4 rings (SSSR count). The number of anilines is 2. The first-order chi connectivity index (χ1) is 16.7. The van der Waals surface area contributed by atoms with Crippen LogP contribution in [0.1, 0.15) is 15.9 Å². The van der Waals surface area contributed by atoms with Crippen molar-refractivity contribution in [3.63, 3.8) is 0 Å². The summed E-state index contributed by atoms with van der Waals surface area (Å²) in [6.07, 6.45) is 1.48. The van der Waals surface area contributed by atoms with Gasteiger partial charge in [0.2, 0.25) is 0 Å². The van der Waals surface area contributed by atoms with Gasteiger partial charge in [-0.25, -0.2) is 13.2 Å². The van der Waals surface area contributed by atoms with Gasteiger partial charge in [-0.15, -0.1) is 0 Å². The minimum Gasteiger partial charge on any atom is -0.478 e. The molecule has 0 radical (unpaired) electrons. The average molecular weight is 490 g/mol. The number of carboxylic acid groups (broad SMARTS) is 1. The number of nitrogens with zero attached hydrogens (tertiary/aromatic N) is 2. The van der Waals surface area contributed by atoms with Crippen LogP contribution in [0.5, 0.6) is 0 Å². The third kappa shape index (κ3) is 5.25. The quantitative estimate of drug-likeness (QED) is 0.184. The van der Waals surface area contributed by atoms with Crippen LogP contribution in [0, 0.1) is 10.1 Å². The predicted octanol–water partition coefficient (Wildman–Crippen LogP) is 4.69. The third-order valence-corrected chi connectivity index (χ3v) is 6.44. The number of nitrogens with one attached hydrogen (secondary N) is 2. The Balaban J connectivity index is 1.67. The lowest BCUT2D eigenvalue weighted by molar-refractivity contribution is -0.385. The molecule has 0 atom stereocenters. The fourth-order valence-electron chi connectivity index (χ4n) is 3.36. The number of carboxylic acids is 1. The summed E-state index contributed by atoms with van der Waals surface area (Å²) in [5.74, 6) is -1.33. The van der Waals surface area contributed by atoms with E-state index in [1.807, 2.05) is 42.5 Å². The summed E-state index contributed by atoms with van der Waals surface area (Å²) in [6, 6.07) is 22.1. The Morgan fingerprint density at radius 2 is 1.63 bits per heavy atom. The highest BCUT2D eigenvalue weighted by Crippen LogP contribution is 2.29. The molecular weight excluding hydrogens is 472 g/mol. The van der Waals surface area contributed by atoms with Gasteiger partial charge in [-0.05, 0) is 40.6 Å². The molecule has 0 heterocycles. The summed E-state index contributed by atoms with van der Waals surface area (Å²) >= 11 is 0. The fraction of sp³-hybridized carbons (Fsp3) is 0. The average Bonchev–Trinajstić information content (AvgIpc) is 2.84. The van der Waals surface area contributed by atoms with Gasteiger partial charge in [0.05, 0.1) is 28.1 Å². The molecule has 0 amide bonds. The Morgan fingerprint density at radius 3 is 2.37 bits per heavy atom. The van der Waals surface area contributed by atoms with E-state index in [0.717, 1.165) is 28.5 Å². The van der Waals surface area contributed by atoms with Crippen LogP contribution in [0.2, 0.25) is 0 Å². The maximum absolute atomic E-state index is 13.1. The van der Waals surface area contributed by atoms with Crippen LogP contribution < -0.4 is 10.1 Å². The van der Waals surface area contributed by atoms with Crippen molar-refractivity contribution in [1.82, 2.24) is 0 Å². The van der Waals surface area contributed by atoms with Crippen LogP contribution in [-0.2, 0) is 10.0 Å². The maximum atomic E-state index is 13.1. The molecule has 11 heteroatoms. The van der Waals surface area contributed by atoms with E-state index in [9.17, 15) is 28.4 Å². The summed E-state index contributed by atoms with van der Waals surface area (Å²) in [4.78, 5) is 21.5. The van der Waals surface area contributed by atoms with Crippen molar-refractivity contribution in [2.75, 3.05) is 10.1 Å². The number of non-ortho nitro benzene ring substituents is 1. The van der Waals surface area contributed by atoms with Gasteiger partial charge in [0, 0.05) is 12.1 Å². The number of fused-ring (bicyclic) bond motifs is 1. The van der Waals surface area contributed by atoms with Crippen molar-refractivity contribution in [1.29, 1.82) is 0 Å². The molecule has 0 saturated heterocycles. The van der Waals surface area contributed by atoms with E-state index in [0.29, 0.717) is 0 Å². The number of rotatable bonds is 8. The first-order valence-electron chi connectivity index (χ1n) is 10.2. The molecule has 0 aliphatic rings. The van der Waals surface area contributed by atoms with E-state index in [2.05, 4.69) is 15.2 Å². The minimum atomic E-state index is -4.43. The van der Waals surface area contributed by atoms with Crippen molar-refractivity contribution in [2.45, 2.75) is 4.90 Å². The zero-order valence-electron chi connectivity index (χ0n) is 18.0. The van der Waals surface area contributed by atoms with Gasteiger partial charge in [0.15, 0.2) is 0 Å². The smallest absolute Gasteiger partial charge is 0.337 e. The number of nitro groups is 1. The largest absolute Gasteiger partial charge is 0.478 e. The highest BCUT2D eigenvalue weighted by molar-refractivity contribution is 7.93. The molecule has 0 unspecified atom stereocenters. The minimum absolute atomic E-state index is 0.0343. The zero-order chi connectivity index (χ0) is 25.0. The first-order valence-corrected chi connectivity index (χ1v) is 11.6. The molecule has 4 aromatic rings. The zero-order valence-corrected chi connectivity index (χ0v) is 18.8. The molecule has 0 bridgehead atoms. The molecule has 0 aromatic heterocycles. The second-order valence-corrected chi connectivity index (χ2v) is 9.02. The third-order valence-electron chi connectivity index (χ3n) is 5.04. The lowest BCUT2D eigenvalue weighted by Gasteiger charge is -2.13. The van der Waals surface area contributed by atoms with Crippen molar-refractivity contribution in [3.8, 4) is 0 Å². The predicted molar refractivity (Wildman–Crippen MR) is 132 cm³/mol. The fourth-order valence-corrected chi connectivity index (χ4v) is 4.62. The van der Waals surface area contributed by atoms with Gasteiger partial charge in [-0.3, -0.25) is 20.3 Å². The molecule has 0 spiro atoms. The molecular formula is C24H18N4O6S. The lowest BCUT2D eigenvalue weighted by Crippen LogP contribution is -2.17. The summed E-state index contributed by atoms with van der Waals surface area (Å²) < 4.78 is 28.5. The van der Waals surface area contributed by atoms with Gasteiger partial charge < -0.3 is 5.11 Å². The van der Waals surface area contributed by atoms with E-state index >= 15 is 0 Å².